The maximum Gasteiger partial charge on any atom is 0.251 e. The molecule has 11 heteroatoms. The Hall–Kier alpha value is -4.51. The van der Waals surface area contributed by atoms with Gasteiger partial charge < -0.3 is 31.0 Å². The molecule has 1 saturated carbocycles. The predicted molar refractivity (Wildman–Crippen MR) is 154 cm³/mol. The maximum atomic E-state index is 13.3. The van der Waals surface area contributed by atoms with Gasteiger partial charge in [-0.05, 0) is 66.3 Å². The number of likely N-dealkylation sites (tertiary alicyclic amines) is 1. The van der Waals surface area contributed by atoms with Gasteiger partial charge in [0.25, 0.3) is 5.91 Å². The molecule has 3 aliphatic rings. The molecule has 3 aromatic carbocycles. The molecule has 1 aromatic heterocycles. The Balaban J connectivity index is 0.986. The first-order chi connectivity index (χ1) is 19.8. The zero-order chi connectivity index (χ0) is 28.3. The molecule has 0 unspecified atom stereocenters. The van der Waals surface area contributed by atoms with E-state index in [1.165, 1.54) is 0 Å². The molecule has 1 aliphatic carbocycles. The monoisotopic (exact) mass is 568 g/mol. The van der Waals surface area contributed by atoms with Crippen LogP contribution >= 0.6 is 11.8 Å². The number of anilines is 1. The van der Waals surface area contributed by atoms with Gasteiger partial charge in [0.05, 0.1) is 27.4 Å². The van der Waals surface area contributed by atoms with Crippen LogP contribution in [-0.2, 0) is 16.1 Å². The zero-order valence-electron chi connectivity index (χ0n) is 22.3. The third-order valence-electron chi connectivity index (χ3n) is 8.15. The summed E-state index contributed by atoms with van der Waals surface area (Å²) in [5, 5.41) is 5.73. The first-order valence-electron chi connectivity index (χ1n) is 13.5. The summed E-state index contributed by atoms with van der Waals surface area (Å²) in [6.07, 6.45) is 1.45. The van der Waals surface area contributed by atoms with Crippen molar-refractivity contribution in [2.24, 2.45) is 5.41 Å². The number of hydrogen-bond donors (Lipinski definition) is 4. The van der Waals surface area contributed by atoms with Crippen molar-refractivity contribution < 1.29 is 19.1 Å². The Morgan fingerprint density at radius 2 is 1.90 bits per heavy atom. The van der Waals surface area contributed by atoms with Crippen LogP contribution in [0.25, 0.3) is 11.0 Å². The molecule has 4 aromatic rings. The predicted octanol–water partition coefficient (Wildman–Crippen LogP) is 3.83. The minimum absolute atomic E-state index is 0.00112. The number of piperidine rings is 1. The van der Waals surface area contributed by atoms with E-state index in [-0.39, 0.29) is 35.7 Å². The highest BCUT2D eigenvalue weighted by atomic mass is 32.2. The number of H-pyrrole nitrogens is 1. The molecule has 41 heavy (non-hydrogen) atoms. The summed E-state index contributed by atoms with van der Waals surface area (Å²) in [5.74, 6) is 0.848. The number of ether oxygens (including phenoxy) is 1. The zero-order valence-corrected chi connectivity index (χ0v) is 23.1. The van der Waals surface area contributed by atoms with Gasteiger partial charge in [0, 0.05) is 18.2 Å². The number of imidazole rings is 1. The summed E-state index contributed by atoms with van der Waals surface area (Å²) in [6.45, 7) is 2.22. The Morgan fingerprint density at radius 3 is 2.78 bits per heavy atom. The van der Waals surface area contributed by atoms with Gasteiger partial charge in [-0.1, -0.05) is 36.9 Å². The molecule has 1 saturated heterocycles. The molecule has 7 rings (SSSR count). The van der Waals surface area contributed by atoms with E-state index in [4.69, 9.17) is 10.5 Å². The van der Waals surface area contributed by atoms with Crippen LogP contribution in [0.1, 0.15) is 35.7 Å². The normalized spacial score (nSPS) is 21.8. The number of nitrogen functional groups attached to an aromatic ring is 1. The number of nitrogens with zero attached hydrogens (tertiary/aromatic N) is 2. The van der Waals surface area contributed by atoms with Crippen LogP contribution in [0.4, 0.5) is 5.95 Å². The van der Waals surface area contributed by atoms with Gasteiger partial charge in [0.2, 0.25) is 11.8 Å². The third-order valence-corrected chi connectivity index (χ3v) is 9.27. The van der Waals surface area contributed by atoms with Gasteiger partial charge in [-0.3, -0.25) is 14.4 Å². The third kappa shape index (κ3) is 4.65. The van der Waals surface area contributed by atoms with Crippen molar-refractivity contribution in [3.63, 3.8) is 0 Å². The lowest BCUT2D eigenvalue weighted by atomic mass is 10.0. The second-order valence-electron chi connectivity index (χ2n) is 11.1. The topological polar surface area (TPSA) is 142 Å². The molecule has 0 bridgehead atoms. The number of aromatic nitrogens is 2. The Morgan fingerprint density at radius 1 is 1.07 bits per heavy atom. The van der Waals surface area contributed by atoms with Crippen molar-refractivity contribution in [2.45, 2.75) is 48.2 Å². The minimum atomic E-state index is -0.580. The standard InChI is InChI=1S/C30H28N6O4S/c1-30-12-20(28(39)32-14-16-6-8-18-19(10-16)35-29(31)34-18)36(25(30)13-30)26(37)15-33-27(38)17-7-9-24-22(11-17)40-21-4-2-3-5-23(21)41-24/h2-11,20,25H,12-15H2,1H3,(H,32,39)(H,33,38)(H3,31,34,35)/t20-,25-,30+/m0/s1. The minimum Gasteiger partial charge on any atom is -0.455 e. The SMILES string of the molecule is C[C@@]12C[C@@H]1N(C(=O)CNC(=O)c1ccc3c(c1)Oc1ccccc1S3)[C@H](C(=O)NCc1ccc3nc(N)[nH]c3c1)C2. The highest BCUT2D eigenvalue weighted by Crippen LogP contribution is 2.59. The van der Waals surface area contributed by atoms with Gasteiger partial charge in [-0.15, -0.1) is 0 Å². The highest BCUT2D eigenvalue weighted by molar-refractivity contribution is 7.99. The fourth-order valence-corrected chi connectivity index (χ4v) is 6.80. The quantitative estimate of drug-likeness (QED) is 0.244. The van der Waals surface area contributed by atoms with Crippen molar-refractivity contribution in [1.82, 2.24) is 25.5 Å². The van der Waals surface area contributed by atoms with E-state index in [1.54, 1.807) is 28.8 Å². The summed E-state index contributed by atoms with van der Waals surface area (Å²) in [7, 11) is 0. The number of fused-ring (bicyclic) bond motifs is 4. The van der Waals surface area contributed by atoms with Crippen LogP contribution in [0.3, 0.4) is 0 Å². The number of rotatable bonds is 6. The number of carbonyl (C=O) groups is 3. The lowest BCUT2D eigenvalue weighted by Gasteiger charge is -2.27. The molecular weight excluding hydrogens is 540 g/mol. The van der Waals surface area contributed by atoms with E-state index in [2.05, 4.69) is 27.5 Å². The van der Waals surface area contributed by atoms with E-state index in [1.807, 2.05) is 48.5 Å². The molecule has 10 nitrogen and oxygen atoms in total. The average molecular weight is 569 g/mol. The number of nitrogens with two attached hydrogens (primary N) is 1. The number of para-hydroxylation sites is 1. The van der Waals surface area contributed by atoms with Gasteiger partial charge in [0.15, 0.2) is 5.95 Å². The lowest BCUT2D eigenvalue weighted by molar-refractivity contribution is -0.139. The molecular formula is C30H28N6O4S. The fraction of sp³-hybridized carbons (Fsp3) is 0.267. The van der Waals surface area contributed by atoms with Crippen molar-refractivity contribution in [2.75, 3.05) is 12.3 Å². The largest absolute Gasteiger partial charge is 0.455 e. The maximum absolute atomic E-state index is 13.3. The summed E-state index contributed by atoms with van der Waals surface area (Å²) in [4.78, 5) is 50.4. The Bertz CT molecular complexity index is 1740. The van der Waals surface area contributed by atoms with Crippen LogP contribution in [0.2, 0.25) is 0 Å². The van der Waals surface area contributed by atoms with E-state index in [0.717, 1.165) is 38.6 Å². The van der Waals surface area contributed by atoms with E-state index in [0.29, 0.717) is 30.2 Å². The summed E-state index contributed by atoms with van der Waals surface area (Å²) in [6, 6.07) is 18.1. The number of nitrogens with one attached hydrogen (secondary N) is 3. The smallest absolute Gasteiger partial charge is 0.251 e. The second kappa shape index (κ2) is 9.55. The molecule has 3 amide bonds. The molecule has 3 heterocycles. The molecule has 2 fully saturated rings. The Labute approximate surface area is 240 Å². The molecule has 5 N–H and O–H groups in total. The number of hydrogen-bond acceptors (Lipinski definition) is 7. The fourth-order valence-electron chi connectivity index (χ4n) is 5.87. The van der Waals surface area contributed by atoms with E-state index >= 15 is 0 Å². The highest BCUT2D eigenvalue weighted by Gasteiger charge is 2.64. The summed E-state index contributed by atoms with van der Waals surface area (Å²) >= 11 is 1.58. The first kappa shape index (κ1) is 25.5. The van der Waals surface area contributed by atoms with Gasteiger partial charge in [0.1, 0.15) is 17.5 Å². The lowest BCUT2D eigenvalue weighted by Crippen LogP contribution is -2.50. The molecule has 0 spiro atoms. The summed E-state index contributed by atoms with van der Waals surface area (Å²) in [5.41, 5.74) is 8.51. The van der Waals surface area contributed by atoms with Crippen molar-refractivity contribution in [3.05, 3.63) is 71.8 Å². The summed E-state index contributed by atoms with van der Waals surface area (Å²) < 4.78 is 5.99. The van der Waals surface area contributed by atoms with Gasteiger partial charge in [-0.2, -0.15) is 0 Å². The molecule has 3 atom stereocenters. The molecule has 2 aliphatic heterocycles. The Kier molecular flexibility index (Phi) is 5.93. The van der Waals surface area contributed by atoms with Gasteiger partial charge >= 0.3 is 0 Å². The van der Waals surface area contributed by atoms with Crippen LogP contribution in [0, 0.1) is 5.41 Å². The number of benzene rings is 3. The molecule has 0 radical (unpaired) electrons. The van der Waals surface area contributed by atoms with Crippen LogP contribution < -0.4 is 21.1 Å². The van der Waals surface area contributed by atoms with Gasteiger partial charge in [-0.25, -0.2) is 4.98 Å². The number of carbonyl (C=O) groups excluding carboxylic acids is 3. The van der Waals surface area contributed by atoms with Crippen LogP contribution in [-0.4, -0.2) is 51.2 Å². The number of aromatic amines is 1. The first-order valence-corrected chi connectivity index (χ1v) is 14.3. The number of amides is 3. The second-order valence-corrected chi connectivity index (χ2v) is 12.2. The average Bonchev–Trinajstić information content (AvgIpc) is 3.32. The van der Waals surface area contributed by atoms with E-state index < -0.39 is 6.04 Å². The van der Waals surface area contributed by atoms with E-state index in [9.17, 15) is 14.4 Å². The van der Waals surface area contributed by atoms with Crippen molar-refractivity contribution in [1.29, 1.82) is 0 Å². The van der Waals surface area contributed by atoms with Crippen LogP contribution in [0.15, 0.2) is 70.5 Å². The van der Waals surface area contributed by atoms with Crippen molar-refractivity contribution in [3.8, 4) is 11.5 Å². The van der Waals surface area contributed by atoms with Crippen LogP contribution in [0.5, 0.6) is 11.5 Å². The molecule has 208 valence electrons. The van der Waals surface area contributed by atoms with Crippen molar-refractivity contribution >= 4 is 46.5 Å².